The molecule has 4 nitrogen and oxygen atoms in total. The summed E-state index contributed by atoms with van der Waals surface area (Å²) in [6.45, 7) is 0.945. The van der Waals surface area contributed by atoms with Gasteiger partial charge in [-0.2, -0.15) is 18.4 Å². The zero-order valence-electron chi connectivity index (χ0n) is 19.3. The zero-order chi connectivity index (χ0) is 26.0. The quantitative estimate of drug-likeness (QED) is 0.385. The van der Waals surface area contributed by atoms with E-state index in [1.54, 1.807) is 42.3 Å². The summed E-state index contributed by atoms with van der Waals surface area (Å²) in [6, 6.07) is 18.5. The first kappa shape index (κ1) is 25.7. The van der Waals surface area contributed by atoms with E-state index < -0.39 is 17.6 Å². The number of rotatable bonds is 5. The van der Waals surface area contributed by atoms with Crippen LogP contribution in [0.3, 0.4) is 0 Å². The van der Waals surface area contributed by atoms with Crippen LogP contribution in [0.1, 0.15) is 38.5 Å². The van der Waals surface area contributed by atoms with Crippen molar-refractivity contribution in [3.63, 3.8) is 0 Å². The fourth-order valence-electron chi connectivity index (χ4n) is 4.63. The average molecular weight is 516 g/mol. The maximum Gasteiger partial charge on any atom is 0.419 e. The lowest BCUT2D eigenvalue weighted by molar-refractivity contribution is -0.140. The summed E-state index contributed by atoms with van der Waals surface area (Å²) >= 11 is 6.22. The molecule has 0 N–H and O–H groups in total. The summed E-state index contributed by atoms with van der Waals surface area (Å²) in [6.07, 6.45) is -4.76. The molecular formula is C27H22ClF4N3O. The number of likely N-dealkylation sites (N-methyl/N-ethyl adjacent to an activating group) is 1. The lowest BCUT2D eigenvalue weighted by Crippen LogP contribution is -2.38. The van der Waals surface area contributed by atoms with Crippen LogP contribution in [0.2, 0.25) is 5.02 Å². The van der Waals surface area contributed by atoms with Crippen LogP contribution in [0.25, 0.3) is 0 Å². The molecule has 0 saturated carbocycles. The largest absolute Gasteiger partial charge is 0.419 e. The van der Waals surface area contributed by atoms with Crippen molar-refractivity contribution in [3.05, 3.63) is 105 Å². The Morgan fingerprint density at radius 2 is 1.83 bits per heavy atom. The molecule has 0 aromatic heterocycles. The molecule has 1 aliphatic heterocycles. The number of alkyl halides is 3. The van der Waals surface area contributed by atoms with Crippen molar-refractivity contribution < 1.29 is 22.4 Å². The molecule has 186 valence electrons. The molecule has 9 heteroatoms. The van der Waals surface area contributed by atoms with Crippen molar-refractivity contribution in [3.8, 4) is 6.07 Å². The highest BCUT2D eigenvalue weighted by Crippen LogP contribution is 2.35. The molecule has 2 unspecified atom stereocenters. The van der Waals surface area contributed by atoms with E-state index >= 15 is 0 Å². The molecule has 1 fully saturated rings. The highest BCUT2D eigenvalue weighted by molar-refractivity contribution is 6.30. The molecule has 2 atom stereocenters. The molecule has 0 radical (unpaired) electrons. The summed E-state index contributed by atoms with van der Waals surface area (Å²) < 4.78 is 53.0. The first-order valence-corrected chi connectivity index (χ1v) is 11.6. The number of nitriles is 1. The monoisotopic (exact) mass is 515 g/mol. The van der Waals surface area contributed by atoms with Gasteiger partial charge < -0.3 is 4.90 Å². The molecule has 0 spiro atoms. The van der Waals surface area contributed by atoms with Crippen molar-refractivity contribution in [2.75, 3.05) is 20.1 Å². The van der Waals surface area contributed by atoms with Crippen LogP contribution >= 0.6 is 11.6 Å². The molecule has 1 heterocycles. The Hall–Kier alpha value is -3.41. The van der Waals surface area contributed by atoms with Gasteiger partial charge in [0.05, 0.1) is 17.2 Å². The van der Waals surface area contributed by atoms with Crippen molar-refractivity contribution in [1.82, 2.24) is 9.80 Å². The molecule has 3 aromatic carbocycles. The maximum absolute atomic E-state index is 14.1. The van der Waals surface area contributed by atoms with Gasteiger partial charge in [0, 0.05) is 42.2 Å². The van der Waals surface area contributed by atoms with E-state index in [0.29, 0.717) is 34.8 Å². The minimum absolute atomic E-state index is 0.129. The van der Waals surface area contributed by atoms with Crippen molar-refractivity contribution >= 4 is 17.5 Å². The van der Waals surface area contributed by atoms with E-state index in [1.165, 1.54) is 6.07 Å². The van der Waals surface area contributed by atoms with Gasteiger partial charge in [-0.3, -0.25) is 9.69 Å². The van der Waals surface area contributed by atoms with Gasteiger partial charge in [-0.1, -0.05) is 29.8 Å². The topological polar surface area (TPSA) is 47.3 Å². The standard InChI is InChI=1S/C27H22ClF4N3O/c1-34(14-18-7-10-23(24(29)11-18)27(30,31)32)25-16-35(15-22(25)20-3-2-4-21(28)12-20)26(36)19-8-5-17(13-33)6-9-19/h2-12,22,25H,14-16H2,1H3. The Kier molecular flexibility index (Phi) is 7.34. The van der Waals surface area contributed by atoms with Crippen LogP contribution in [0.15, 0.2) is 66.7 Å². The third kappa shape index (κ3) is 5.53. The molecule has 1 aliphatic rings. The Labute approximate surface area is 211 Å². The molecular weight excluding hydrogens is 494 g/mol. The summed E-state index contributed by atoms with van der Waals surface area (Å²) in [5, 5.41) is 9.56. The van der Waals surface area contributed by atoms with Crippen LogP contribution < -0.4 is 0 Å². The highest BCUT2D eigenvalue weighted by Gasteiger charge is 2.39. The molecule has 0 bridgehead atoms. The lowest BCUT2D eigenvalue weighted by atomic mass is 9.93. The van der Waals surface area contributed by atoms with Gasteiger partial charge in [0.2, 0.25) is 0 Å². The lowest BCUT2D eigenvalue weighted by Gasteiger charge is -2.29. The smallest absolute Gasteiger partial charge is 0.336 e. The van der Waals surface area contributed by atoms with Gasteiger partial charge in [-0.25, -0.2) is 4.39 Å². The van der Waals surface area contributed by atoms with E-state index in [2.05, 4.69) is 0 Å². The Morgan fingerprint density at radius 1 is 1.11 bits per heavy atom. The summed E-state index contributed by atoms with van der Waals surface area (Å²) in [7, 11) is 1.80. The number of carbonyl (C=O) groups is 1. The number of amides is 1. The van der Waals surface area contributed by atoms with Crippen LogP contribution in [0.5, 0.6) is 0 Å². The SMILES string of the molecule is CN(Cc1ccc(C(F)(F)F)c(F)c1)C1CN(C(=O)c2ccc(C#N)cc2)CC1c1cccc(Cl)c1. The Morgan fingerprint density at radius 3 is 2.44 bits per heavy atom. The van der Waals surface area contributed by atoms with Gasteiger partial charge in [-0.15, -0.1) is 0 Å². The number of carbonyl (C=O) groups excluding carboxylic acids is 1. The fraction of sp³-hybridized carbons (Fsp3) is 0.259. The molecule has 4 rings (SSSR count). The third-order valence-corrected chi connectivity index (χ3v) is 6.69. The van der Waals surface area contributed by atoms with Gasteiger partial charge in [0.25, 0.3) is 5.91 Å². The number of hydrogen-bond donors (Lipinski definition) is 0. The second-order valence-electron chi connectivity index (χ2n) is 8.86. The number of hydrogen-bond acceptors (Lipinski definition) is 3. The van der Waals surface area contributed by atoms with Crippen LogP contribution in [-0.2, 0) is 12.7 Å². The third-order valence-electron chi connectivity index (χ3n) is 6.45. The van der Waals surface area contributed by atoms with Crippen LogP contribution in [0, 0.1) is 17.1 Å². The van der Waals surface area contributed by atoms with Crippen molar-refractivity contribution in [2.45, 2.75) is 24.7 Å². The average Bonchev–Trinajstić information content (AvgIpc) is 3.29. The maximum atomic E-state index is 14.1. The van der Waals surface area contributed by atoms with Gasteiger partial charge >= 0.3 is 6.18 Å². The molecule has 36 heavy (non-hydrogen) atoms. The van der Waals surface area contributed by atoms with Crippen molar-refractivity contribution in [2.24, 2.45) is 0 Å². The molecule has 1 saturated heterocycles. The van der Waals surface area contributed by atoms with E-state index in [4.69, 9.17) is 16.9 Å². The van der Waals surface area contributed by atoms with E-state index in [-0.39, 0.29) is 24.4 Å². The molecule has 3 aromatic rings. The predicted molar refractivity (Wildman–Crippen MR) is 128 cm³/mol. The predicted octanol–water partition coefficient (Wildman–Crippen LogP) is 6.11. The minimum atomic E-state index is -4.76. The Balaban J connectivity index is 1.59. The minimum Gasteiger partial charge on any atom is -0.336 e. The first-order valence-electron chi connectivity index (χ1n) is 11.2. The number of nitrogens with zero attached hydrogens (tertiary/aromatic N) is 3. The molecule has 1 amide bonds. The number of benzene rings is 3. The van der Waals surface area contributed by atoms with E-state index in [1.807, 2.05) is 29.2 Å². The van der Waals surface area contributed by atoms with E-state index in [0.717, 1.165) is 17.7 Å². The second kappa shape index (κ2) is 10.3. The summed E-state index contributed by atoms with van der Waals surface area (Å²) in [4.78, 5) is 16.9. The first-order chi connectivity index (χ1) is 17.1. The zero-order valence-corrected chi connectivity index (χ0v) is 20.0. The van der Waals surface area contributed by atoms with Gasteiger partial charge in [0.1, 0.15) is 5.82 Å². The molecule has 0 aliphatic carbocycles. The number of halogens is 5. The fourth-order valence-corrected chi connectivity index (χ4v) is 4.82. The summed E-state index contributed by atoms with van der Waals surface area (Å²) in [5.41, 5.74) is 0.918. The van der Waals surface area contributed by atoms with E-state index in [9.17, 15) is 22.4 Å². The van der Waals surface area contributed by atoms with Crippen molar-refractivity contribution in [1.29, 1.82) is 5.26 Å². The van der Waals surface area contributed by atoms with Gasteiger partial charge in [0.15, 0.2) is 0 Å². The van der Waals surface area contributed by atoms with Crippen LogP contribution in [-0.4, -0.2) is 41.9 Å². The number of likely N-dealkylation sites (tertiary alicyclic amines) is 1. The Bertz CT molecular complexity index is 1300. The highest BCUT2D eigenvalue weighted by atomic mass is 35.5. The second-order valence-corrected chi connectivity index (χ2v) is 9.29. The normalized spacial score (nSPS) is 17.9. The summed E-state index contributed by atoms with van der Waals surface area (Å²) in [5.74, 6) is -1.64. The van der Waals surface area contributed by atoms with Crippen LogP contribution in [0.4, 0.5) is 17.6 Å². The van der Waals surface area contributed by atoms with Gasteiger partial charge in [-0.05, 0) is 66.7 Å².